The largest absolute Gasteiger partial charge is 0.484 e. The maximum atomic E-state index is 11.6. The van der Waals surface area contributed by atoms with E-state index in [0.717, 1.165) is 5.76 Å². The summed E-state index contributed by atoms with van der Waals surface area (Å²) in [6.07, 6.45) is 0. The molecule has 1 N–H and O–H groups in total. The Balaban J connectivity index is 1.83. The SMILES string of the molecule is CC(=NNC(=O)COc1ccc(Cl)cc1)c1ccc(C)o1. The first-order valence-corrected chi connectivity index (χ1v) is 6.70. The molecule has 0 aliphatic carbocycles. The molecule has 0 fully saturated rings. The number of furan rings is 1. The minimum atomic E-state index is -0.354. The van der Waals surface area contributed by atoms with Crippen LogP contribution >= 0.6 is 11.6 Å². The van der Waals surface area contributed by atoms with Gasteiger partial charge in [0.1, 0.15) is 23.0 Å². The van der Waals surface area contributed by atoms with Crippen molar-refractivity contribution in [3.8, 4) is 5.75 Å². The van der Waals surface area contributed by atoms with Crippen molar-refractivity contribution >= 4 is 23.2 Å². The minimum absolute atomic E-state index is 0.129. The molecular formula is C15H15ClN2O3. The van der Waals surface area contributed by atoms with Crippen molar-refractivity contribution in [3.63, 3.8) is 0 Å². The van der Waals surface area contributed by atoms with Crippen molar-refractivity contribution in [2.24, 2.45) is 5.10 Å². The third kappa shape index (κ3) is 4.65. The topological polar surface area (TPSA) is 63.8 Å². The highest BCUT2D eigenvalue weighted by Gasteiger charge is 2.05. The van der Waals surface area contributed by atoms with Gasteiger partial charge in [0.15, 0.2) is 6.61 Å². The van der Waals surface area contributed by atoms with Crippen LogP contribution in [-0.4, -0.2) is 18.2 Å². The zero-order chi connectivity index (χ0) is 15.2. The Morgan fingerprint density at radius 2 is 2.00 bits per heavy atom. The van der Waals surface area contributed by atoms with Crippen LogP contribution < -0.4 is 10.2 Å². The van der Waals surface area contributed by atoms with Crippen molar-refractivity contribution in [1.29, 1.82) is 0 Å². The molecule has 1 heterocycles. The summed E-state index contributed by atoms with van der Waals surface area (Å²) in [4.78, 5) is 11.6. The number of ether oxygens (including phenoxy) is 1. The number of hydrogen-bond donors (Lipinski definition) is 1. The van der Waals surface area contributed by atoms with Gasteiger partial charge in [-0.2, -0.15) is 5.10 Å². The summed E-state index contributed by atoms with van der Waals surface area (Å²) in [7, 11) is 0. The Hall–Kier alpha value is -2.27. The van der Waals surface area contributed by atoms with Gasteiger partial charge in [0, 0.05) is 5.02 Å². The molecule has 2 rings (SSSR count). The van der Waals surface area contributed by atoms with E-state index in [0.29, 0.717) is 22.2 Å². The van der Waals surface area contributed by atoms with E-state index >= 15 is 0 Å². The molecule has 21 heavy (non-hydrogen) atoms. The molecule has 1 aromatic carbocycles. The Kier molecular flexibility index (Phi) is 5.00. The number of carbonyl (C=O) groups excluding carboxylic acids is 1. The average molecular weight is 307 g/mol. The average Bonchev–Trinajstić information content (AvgIpc) is 2.91. The van der Waals surface area contributed by atoms with E-state index in [9.17, 15) is 4.79 Å². The summed E-state index contributed by atoms with van der Waals surface area (Å²) >= 11 is 5.76. The fraction of sp³-hybridized carbons (Fsp3) is 0.200. The molecule has 0 spiro atoms. The second-order valence-corrected chi connectivity index (χ2v) is 4.82. The smallest absolute Gasteiger partial charge is 0.277 e. The van der Waals surface area contributed by atoms with Crippen molar-refractivity contribution in [3.05, 3.63) is 52.9 Å². The van der Waals surface area contributed by atoms with Crippen molar-refractivity contribution in [1.82, 2.24) is 5.43 Å². The Labute approximate surface area is 127 Å². The van der Waals surface area contributed by atoms with Crippen LogP contribution in [0.5, 0.6) is 5.75 Å². The molecule has 0 bridgehead atoms. The molecule has 0 atom stereocenters. The van der Waals surface area contributed by atoms with Gasteiger partial charge in [-0.3, -0.25) is 4.79 Å². The highest BCUT2D eigenvalue weighted by molar-refractivity contribution is 6.30. The first-order valence-electron chi connectivity index (χ1n) is 6.33. The number of halogens is 1. The molecular weight excluding hydrogens is 292 g/mol. The van der Waals surface area contributed by atoms with Gasteiger partial charge in [-0.05, 0) is 50.2 Å². The Bertz CT molecular complexity index is 647. The van der Waals surface area contributed by atoms with Gasteiger partial charge >= 0.3 is 0 Å². The Morgan fingerprint density at radius 1 is 1.29 bits per heavy atom. The summed E-state index contributed by atoms with van der Waals surface area (Å²) in [5, 5.41) is 4.57. The monoisotopic (exact) mass is 306 g/mol. The number of carbonyl (C=O) groups is 1. The lowest BCUT2D eigenvalue weighted by atomic mass is 10.3. The van der Waals surface area contributed by atoms with E-state index in [4.69, 9.17) is 20.8 Å². The molecule has 1 aromatic heterocycles. The summed E-state index contributed by atoms with van der Waals surface area (Å²) in [5.41, 5.74) is 3.00. The van der Waals surface area contributed by atoms with Gasteiger partial charge in [-0.15, -0.1) is 0 Å². The van der Waals surface area contributed by atoms with Gasteiger partial charge in [0.05, 0.1) is 0 Å². The lowest BCUT2D eigenvalue weighted by Crippen LogP contribution is -2.25. The van der Waals surface area contributed by atoms with E-state index in [1.807, 2.05) is 13.0 Å². The van der Waals surface area contributed by atoms with Crippen LogP contribution in [0.4, 0.5) is 0 Å². The van der Waals surface area contributed by atoms with Gasteiger partial charge in [0.2, 0.25) is 0 Å². The molecule has 0 saturated heterocycles. The number of benzene rings is 1. The zero-order valence-corrected chi connectivity index (χ0v) is 12.5. The summed E-state index contributed by atoms with van der Waals surface area (Å²) < 4.78 is 10.7. The predicted octanol–water partition coefficient (Wildman–Crippen LogP) is 3.16. The van der Waals surface area contributed by atoms with Crippen LogP contribution in [-0.2, 0) is 4.79 Å². The number of rotatable bonds is 5. The van der Waals surface area contributed by atoms with E-state index in [1.54, 1.807) is 37.3 Å². The molecule has 0 unspecified atom stereocenters. The molecule has 6 heteroatoms. The highest BCUT2D eigenvalue weighted by atomic mass is 35.5. The van der Waals surface area contributed by atoms with Crippen molar-refractivity contribution in [2.45, 2.75) is 13.8 Å². The number of nitrogens with zero attached hydrogens (tertiary/aromatic N) is 1. The molecule has 0 aliphatic rings. The van der Waals surface area contributed by atoms with E-state index in [1.165, 1.54) is 0 Å². The predicted molar refractivity (Wildman–Crippen MR) is 80.7 cm³/mol. The summed E-state index contributed by atoms with van der Waals surface area (Å²) in [6.45, 7) is 3.46. The van der Waals surface area contributed by atoms with Crippen LogP contribution in [0, 0.1) is 6.92 Å². The molecule has 0 saturated carbocycles. The maximum Gasteiger partial charge on any atom is 0.277 e. The molecule has 5 nitrogen and oxygen atoms in total. The van der Waals surface area contributed by atoms with Crippen LogP contribution in [0.3, 0.4) is 0 Å². The van der Waals surface area contributed by atoms with Crippen LogP contribution in [0.2, 0.25) is 5.02 Å². The van der Waals surface area contributed by atoms with E-state index in [-0.39, 0.29) is 12.5 Å². The lowest BCUT2D eigenvalue weighted by Gasteiger charge is -2.05. The lowest BCUT2D eigenvalue weighted by molar-refractivity contribution is -0.123. The Morgan fingerprint density at radius 3 is 2.62 bits per heavy atom. The number of nitrogens with one attached hydrogen (secondary N) is 1. The highest BCUT2D eigenvalue weighted by Crippen LogP contribution is 2.15. The minimum Gasteiger partial charge on any atom is -0.484 e. The third-order valence-electron chi connectivity index (χ3n) is 2.63. The van der Waals surface area contributed by atoms with Gasteiger partial charge in [0.25, 0.3) is 5.91 Å². The molecule has 110 valence electrons. The van der Waals surface area contributed by atoms with Gasteiger partial charge < -0.3 is 9.15 Å². The van der Waals surface area contributed by atoms with Crippen molar-refractivity contribution in [2.75, 3.05) is 6.61 Å². The van der Waals surface area contributed by atoms with E-state index < -0.39 is 0 Å². The van der Waals surface area contributed by atoms with Gasteiger partial charge in [-0.25, -0.2) is 5.43 Å². The van der Waals surface area contributed by atoms with Crippen molar-refractivity contribution < 1.29 is 13.9 Å². The van der Waals surface area contributed by atoms with Crippen LogP contribution in [0.1, 0.15) is 18.4 Å². The summed E-state index contributed by atoms with van der Waals surface area (Å²) in [6, 6.07) is 10.4. The second-order valence-electron chi connectivity index (χ2n) is 4.39. The molecule has 2 aromatic rings. The molecule has 0 radical (unpaired) electrons. The van der Waals surface area contributed by atoms with E-state index in [2.05, 4.69) is 10.5 Å². The fourth-order valence-electron chi connectivity index (χ4n) is 1.54. The number of hydrazone groups is 1. The van der Waals surface area contributed by atoms with Gasteiger partial charge in [-0.1, -0.05) is 11.6 Å². The van der Waals surface area contributed by atoms with Crippen LogP contribution in [0.25, 0.3) is 0 Å². The molecule has 0 aliphatic heterocycles. The zero-order valence-electron chi connectivity index (χ0n) is 11.7. The second kappa shape index (κ2) is 6.95. The number of hydrogen-bond acceptors (Lipinski definition) is 4. The molecule has 1 amide bonds. The maximum absolute atomic E-state index is 11.6. The van der Waals surface area contributed by atoms with Crippen LogP contribution in [0.15, 0.2) is 45.9 Å². The number of aryl methyl sites for hydroxylation is 1. The quantitative estimate of drug-likeness (QED) is 0.681. The normalized spacial score (nSPS) is 11.3. The standard InChI is InChI=1S/C15H15ClN2O3/c1-10-3-8-14(21-10)11(2)17-18-15(19)9-20-13-6-4-12(16)5-7-13/h3-8H,9H2,1-2H3,(H,18,19). The summed E-state index contributed by atoms with van der Waals surface area (Å²) in [5.74, 6) is 1.62. The fourth-order valence-corrected chi connectivity index (χ4v) is 1.67. The first-order chi connectivity index (χ1) is 10.0. The first kappa shape index (κ1) is 15.1. The third-order valence-corrected chi connectivity index (χ3v) is 2.88. The number of amides is 1.